The quantitative estimate of drug-likeness (QED) is 0.612. The lowest BCUT2D eigenvalue weighted by atomic mass is 10.1. The second kappa shape index (κ2) is 8.11. The van der Waals surface area contributed by atoms with Crippen molar-refractivity contribution in [3.63, 3.8) is 0 Å². The predicted molar refractivity (Wildman–Crippen MR) is 107 cm³/mol. The fraction of sp³-hybridized carbons (Fsp3) is 0.381. The number of nitrogens with zero attached hydrogens (tertiary/aromatic N) is 2. The van der Waals surface area contributed by atoms with Gasteiger partial charge in [0.05, 0.1) is 17.6 Å². The Hall–Kier alpha value is -2.04. The molecule has 2 heterocycles. The molecule has 4 rings (SSSR count). The molecule has 26 heavy (non-hydrogen) atoms. The molecular formula is C21H24ClN3O. The van der Waals surface area contributed by atoms with Crippen molar-refractivity contribution in [3.8, 4) is 17.1 Å². The van der Waals surface area contributed by atoms with Crippen molar-refractivity contribution < 1.29 is 4.74 Å². The van der Waals surface area contributed by atoms with Gasteiger partial charge in [0.25, 0.3) is 0 Å². The molecule has 0 amide bonds. The summed E-state index contributed by atoms with van der Waals surface area (Å²) in [5.41, 5.74) is 2.91. The van der Waals surface area contributed by atoms with E-state index in [9.17, 15) is 0 Å². The number of H-pyrrole nitrogens is 1. The summed E-state index contributed by atoms with van der Waals surface area (Å²) in [4.78, 5) is 10.5. The molecule has 0 bridgehead atoms. The highest BCUT2D eigenvalue weighted by Crippen LogP contribution is 2.24. The molecule has 4 nitrogen and oxygen atoms in total. The van der Waals surface area contributed by atoms with E-state index in [1.807, 2.05) is 42.5 Å². The van der Waals surface area contributed by atoms with E-state index < -0.39 is 0 Å². The second-order valence-electron chi connectivity index (χ2n) is 6.88. The first-order chi connectivity index (χ1) is 12.8. The molecule has 1 N–H and O–H groups in total. The van der Waals surface area contributed by atoms with Crippen LogP contribution in [0.25, 0.3) is 22.4 Å². The SMILES string of the molecule is Clc1ccc2nc(-c3ccc(OCCCN4CCCCC4)cc3)[nH]c2c1. The smallest absolute Gasteiger partial charge is 0.138 e. The van der Waals surface area contributed by atoms with Gasteiger partial charge in [-0.15, -0.1) is 0 Å². The molecule has 1 aliphatic rings. The molecule has 0 saturated carbocycles. The molecule has 1 saturated heterocycles. The maximum atomic E-state index is 6.04. The summed E-state index contributed by atoms with van der Waals surface area (Å²) in [5, 5.41) is 0.709. The van der Waals surface area contributed by atoms with Gasteiger partial charge in [0, 0.05) is 17.1 Å². The Morgan fingerprint density at radius 1 is 1.04 bits per heavy atom. The number of nitrogens with one attached hydrogen (secondary N) is 1. The predicted octanol–water partition coefficient (Wildman–Crippen LogP) is 5.14. The number of likely N-dealkylation sites (tertiary alicyclic amines) is 1. The van der Waals surface area contributed by atoms with Crippen molar-refractivity contribution in [2.24, 2.45) is 0 Å². The monoisotopic (exact) mass is 369 g/mol. The van der Waals surface area contributed by atoms with Crippen LogP contribution in [0.3, 0.4) is 0 Å². The van der Waals surface area contributed by atoms with Gasteiger partial charge in [-0.3, -0.25) is 0 Å². The molecule has 0 atom stereocenters. The van der Waals surface area contributed by atoms with E-state index in [-0.39, 0.29) is 0 Å². The third-order valence-corrected chi connectivity index (χ3v) is 5.14. The van der Waals surface area contributed by atoms with E-state index in [1.165, 1.54) is 32.4 Å². The van der Waals surface area contributed by atoms with Crippen LogP contribution in [-0.4, -0.2) is 41.1 Å². The third kappa shape index (κ3) is 4.19. The van der Waals surface area contributed by atoms with Crippen molar-refractivity contribution in [1.29, 1.82) is 0 Å². The van der Waals surface area contributed by atoms with Crippen LogP contribution < -0.4 is 4.74 Å². The van der Waals surface area contributed by atoms with Gasteiger partial charge in [0.1, 0.15) is 11.6 Å². The zero-order valence-corrected chi connectivity index (χ0v) is 15.6. The summed E-state index contributed by atoms with van der Waals surface area (Å²) < 4.78 is 5.89. The van der Waals surface area contributed by atoms with Crippen molar-refractivity contribution >= 4 is 22.6 Å². The number of aromatic nitrogens is 2. The molecule has 0 radical (unpaired) electrons. The van der Waals surface area contributed by atoms with Crippen LogP contribution in [0.1, 0.15) is 25.7 Å². The van der Waals surface area contributed by atoms with Gasteiger partial charge in [-0.1, -0.05) is 18.0 Å². The highest BCUT2D eigenvalue weighted by molar-refractivity contribution is 6.31. The summed E-state index contributed by atoms with van der Waals surface area (Å²) in [6, 6.07) is 13.8. The molecule has 0 aliphatic carbocycles. The number of halogens is 1. The Morgan fingerprint density at radius 2 is 1.85 bits per heavy atom. The maximum absolute atomic E-state index is 6.04. The van der Waals surface area contributed by atoms with E-state index in [0.717, 1.165) is 47.7 Å². The normalized spacial score (nSPS) is 15.4. The Kier molecular flexibility index (Phi) is 5.42. The first-order valence-corrected chi connectivity index (χ1v) is 9.77. The van der Waals surface area contributed by atoms with Crippen LogP contribution in [-0.2, 0) is 0 Å². The minimum absolute atomic E-state index is 0.709. The topological polar surface area (TPSA) is 41.1 Å². The average Bonchev–Trinajstić information content (AvgIpc) is 3.10. The van der Waals surface area contributed by atoms with E-state index in [4.69, 9.17) is 16.3 Å². The zero-order valence-electron chi connectivity index (χ0n) is 14.9. The Bertz CT molecular complexity index is 853. The molecular weight excluding hydrogens is 346 g/mol. The summed E-state index contributed by atoms with van der Waals surface area (Å²) >= 11 is 6.04. The van der Waals surface area contributed by atoms with E-state index >= 15 is 0 Å². The van der Waals surface area contributed by atoms with Gasteiger partial charge in [-0.25, -0.2) is 4.98 Å². The Labute approximate surface area is 159 Å². The van der Waals surface area contributed by atoms with Gasteiger partial charge in [0.2, 0.25) is 0 Å². The minimum atomic E-state index is 0.709. The maximum Gasteiger partial charge on any atom is 0.138 e. The Balaban J connectivity index is 1.32. The first kappa shape index (κ1) is 17.4. The van der Waals surface area contributed by atoms with E-state index in [0.29, 0.717) is 5.02 Å². The number of hydrogen-bond acceptors (Lipinski definition) is 3. The van der Waals surface area contributed by atoms with Crippen LogP contribution in [0.2, 0.25) is 5.02 Å². The summed E-state index contributed by atoms with van der Waals surface area (Å²) in [7, 11) is 0. The fourth-order valence-corrected chi connectivity index (χ4v) is 3.66. The van der Waals surface area contributed by atoms with Crippen LogP contribution in [0.5, 0.6) is 5.75 Å². The number of fused-ring (bicyclic) bond motifs is 1. The van der Waals surface area contributed by atoms with Gasteiger partial charge in [-0.05, 0) is 74.8 Å². The molecule has 1 aromatic heterocycles. The van der Waals surface area contributed by atoms with Gasteiger partial charge in [-0.2, -0.15) is 0 Å². The highest BCUT2D eigenvalue weighted by Gasteiger charge is 2.09. The van der Waals surface area contributed by atoms with Gasteiger partial charge < -0.3 is 14.6 Å². The molecule has 5 heteroatoms. The standard InChI is InChI=1S/C21H24ClN3O/c22-17-7-10-19-20(15-17)24-21(23-19)16-5-8-18(9-6-16)26-14-4-13-25-11-2-1-3-12-25/h5-10,15H,1-4,11-14H2,(H,23,24). The lowest BCUT2D eigenvalue weighted by Crippen LogP contribution is -2.31. The molecule has 0 unspecified atom stereocenters. The second-order valence-corrected chi connectivity index (χ2v) is 7.31. The average molecular weight is 370 g/mol. The number of piperidine rings is 1. The van der Waals surface area contributed by atoms with Crippen LogP contribution in [0, 0.1) is 0 Å². The van der Waals surface area contributed by atoms with Crippen molar-refractivity contribution in [2.45, 2.75) is 25.7 Å². The number of ether oxygens (including phenoxy) is 1. The lowest BCUT2D eigenvalue weighted by molar-refractivity contribution is 0.205. The summed E-state index contributed by atoms with van der Waals surface area (Å²) in [6.07, 6.45) is 5.15. The van der Waals surface area contributed by atoms with Gasteiger partial charge in [0.15, 0.2) is 0 Å². The van der Waals surface area contributed by atoms with Gasteiger partial charge >= 0.3 is 0 Å². The fourth-order valence-electron chi connectivity index (χ4n) is 3.49. The number of imidazole rings is 1. The number of benzene rings is 2. The van der Waals surface area contributed by atoms with E-state index in [2.05, 4.69) is 14.9 Å². The zero-order chi connectivity index (χ0) is 17.8. The number of hydrogen-bond donors (Lipinski definition) is 1. The summed E-state index contributed by atoms with van der Waals surface area (Å²) in [6.45, 7) is 4.40. The molecule has 2 aromatic carbocycles. The first-order valence-electron chi connectivity index (χ1n) is 9.39. The molecule has 136 valence electrons. The van der Waals surface area contributed by atoms with E-state index in [1.54, 1.807) is 0 Å². The van der Waals surface area contributed by atoms with Crippen LogP contribution >= 0.6 is 11.6 Å². The number of aromatic amines is 1. The van der Waals surface area contributed by atoms with Crippen LogP contribution in [0.4, 0.5) is 0 Å². The Morgan fingerprint density at radius 3 is 2.65 bits per heavy atom. The largest absolute Gasteiger partial charge is 0.494 e. The lowest BCUT2D eigenvalue weighted by Gasteiger charge is -2.26. The molecule has 3 aromatic rings. The minimum Gasteiger partial charge on any atom is -0.494 e. The van der Waals surface area contributed by atoms with Crippen molar-refractivity contribution in [3.05, 3.63) is 47.5 Å². The number of rotatable bonds is 6. The van der Waals surface area contributed by atoms with Crippen molar-refractivity contribution in [2.75, 3.05) is 26.2 Å². The molecule has 1 aliphatic heterocycles. The third-order valence-electron chi connectivity index (χ3n) is 4.91. The summed E-state index contributed by atoms with van der Waals surface area (Å²) in [5.74, 6) is 1.76. The van der Waals surface area contributed by atoms with Crippen molar-refractivity contribution in [1.82, 2.24) is 14.9 Å². The molecule has 1 fully saturated rings. The highest BCUT2D eigenvalue weighted by atomic mass is 35.5. The molecule has 0 spiro atoms. The van der Waals surface area contributed by atoms with Crippen LogP contribution in [0.15, 0.2) is 42.5 Å².